The van der Waals surface area contributed by atoms with Crippen LogP contribution in [0.5, 0.6) is 11.5 Å². The van der Waals surface area contributed by atoms with Gasteiger partial charge in [-0.25, -0.2) is 0 Å². The molecule has 0 aromatic heterocycles. The lowest BCUT2D eigenvalue weighted by atomic mass is 9.85. The van der Waals surface area contributed by atoms with Gasteiger partial charge in [-0.05, 0) is 54.5 Å². The average molecular weight is 416 g/mol. The van der Waals surface area contributed by atoms with Gasteiger partial charge in [-0.1, -0.05) is 42.5 Å². The molecule has 2 aliphatic carbocycles. The lowest BCUT2D eigenvalue weighted by Gasteiger charge is -2.13. The fourth-order valence-electron chi connectivity index (χ4n) is 4.85. The first-order chi connectivity index (χ1) is 15.2. The third-order valence-electron chi connectivity index (χ3n) is 6.27. The predicted molar refractivity (Wildman–Crippen MR) is 116 cm³/mol. The summed E-state index contributed by atoms with van der Waals surface area (Å²) in [7, 11) is 0. The molecule has 0 unspecified atom stereocenters. The van der Waals surface area contributed by atoms with Crippen molar-refractivity contribution in [3.8, 4) is 11.5 Å². The van der Waals surface area contributed by atoms with E-state index in [1.165, 1.54) is 6.21 Å². The molecule has 2 fully saturated rings. The van der Waals surface area contributed by atoms with Crippen molar-refractivity contribution in [2.75, 3.05) is 6.61 Å². The fraction of sp³-hybridized carbons (Fsp3) is 0.320. The van der Waals surface area contributed by atoms with Crippen LogP contribution >= 0.6 is 0 Å². The highest BCUT2D eigenvalue weighted by Crippen LogP contribution is 2.52. The van der Waals surface area contributed by atoms with Gasteiger partial charge < -0.3 is 9.47 Å². The van der Waals surface area contributed by atoms with Crippen molar-refractivity contribution in [3.63, 3.8) is 0 Å². The summed E-state index contributed by atoms with van der Waals surface area (Å²) in [5.41, 5.74) is 1.80. The molecule has 31 heavy (non-hydrogen) atoms. The van der Waals surface area contributed by atoms with Gasteiger partial charge in [-0.15, -0.1) is 0 Å². The van der Waals surface area contributed by atoms with E-state index in [-0.39, 0.29) is 35.5 Å². The zero-order valence-corrected chi connectivity index (χ0v) is 17.3. The second-order valence-corrected chi connectivity index (χ2v) is 8.15. The highest BCUT2D eigenvalue weighted by molar-refractivity contribution is 6.06. The maximum Gasteiger partial charge on any atom is 0.254 e. The van der Waals surface area contributed by atoms with Gasteiger partial charge in [-0.2, -0.15) is 10.1 Å². The number of hydrazone groups is 1. The standard InChI is InChI=1S/C25H24N2O4/c1-2-30-21-12-17(8-11-20(21)31-15-16-6-4-3-5-7-16)14-26-27-24(28)22-18-9-10-19(13-18)23(22)25(27)29/h3-12,14,18-19,22-23H,2,13,15H2,1H3/b26-14-/t18-,19-,22-,23-/m0/s1. The van der Waals surface area contributed by atoms with E-state index in [4.69, 9.17) is 9.47 Å². The van der Waals surface area contributed by atoms with E-state index < -0.39 is 0 Å². The number of rotatable bonds is 7. The van der Waals surface area contributed by atoms with E-state index in [9.17, 15) is 9.59 Å². The minimum absolute atomic E-state index is 0.178. The number of fused-ring (bicyclic) bond motifs is 5. The first-order valence-electron chi connectivity index (χ1n) is 10.7. The predicted octanol–water partition coefficient (Wildman–Crippen LogP) is 3.81. The summed E-state index contributed by atoms with van der Waals surface area (Å²) in [5, 5.41) is 5.30. The van der Waals surface area contributed by atoms with E-state index in [2.05, 4.69) is 17.3 Å². The lowest BCUT2D eigenvalue weighted by molar-refractivity contribution is -0.140. The Balaban J connectivity index is 1.31. The lowest BCUT2D eigenvalue weighted by Crippen LogP contribution is -2.28. The van der Waals surface area contributed by atoms with Crippen LogP contribution in [0.4, 0.5) is 0 Å². The van der Waals surface area contributed by atoms with Gasteiger partial charge in [0.25, 0.3) is 11.8 Å². The Hall–Kier alpha value is -3.41. The van der Waals surface area contributed by atoms with Crippen molar-refractivity contribution in [1.82, 2.24) is 5.01 Å². The molecule has 1 saturated heterocycles. The minimum atomic E-state index is -0.243. The summed E-state index contributed by atoms with van der Waals surface area (Å²) in [4.78, 5) is 25.5. The molecule has 1 saturated carbocycles. The first-order valence-corrected chi connectivity index (χ1v) is 10.7. The molecule has 1 aliphatic heterocycles. The highest BCUT2D eigenvalue weighted by atomic mass is 16.5. The molecular weight excluding hydrogens is 392 g/mol. The summed E-state index contributed by atoms with van der Waals surface area (Å²) < 4.78 is 11.7. The molecule has 5 rings (SSSR count). The Morgan fingerprint density at radius 3 is 2.35 bits per heavy atom. The van der Waals surface area contributed by atoms with Crippen molar-refractivity contribution in [2.24, 2.45) is 28.8 Å². The molecular formula is C25H24N2O4. The summed E-state index contributed by atoms with van der Waals surface area (Å²) in [5.74, 6) is 0.732. The highest BCUT2D eigenvalue weighted by Gasteiger charge is 2.59. The van der Waals surface area contributed by atoms with Crippen molar-refractivity contribution in [1.29, 1.82) is 0 Å². The van der Waals surface area contributed by atoms with Crippen molar-refractivity contribution >= 4 is 18.0 Å². The normalized spacial score (nSPS) is 26.2. The zero-order chi connectivity index (χ0) is 21.4. The molecule has 0 radical (unpaired) electrons. The van der Waals surface area contributed by atoms with E-state index in [0.717, 1.165) is 22.6 Å². The van der Waals surface area contributed by atoms with Crippen LogP contribution in [0, 0.1) is 23.7 Å². The smallest absolute Gasteiger partial charge is 0.254 e. The van der Waals surface area contributed by atoms with Gasteiger partial charge in [0.15, 0.2) is 11.5 Å². The molecule has 6 heteroatoms. The number of nitrogens with zero attached hydrogens (tertiary/aromatic N) is 2. The Kier molecular flexibility index (Phi) is 5.06. The topological polar surface area (TPSA) is 68.2 Å². The van der Waals surface area contributed by atoms with E-state index in [1.807, 2.05) is 55.5 Å². The van der Waals surface area contributed by atoms with Crippen LogP contribution in [0.15, 0.2) is 65.8 Å². The summed E-state index contributed by atoms with van der Waals surface area (Å²) in [6.45, 7) is 2.83. The van der Waals surface area contributed by atoms with Gasteiger partial charge in [0.1, 0.15) is 6.61 Å². The number of allylic oxidation sites excluding steroid dienone is 2. The van der Waals surface area contributed by atoms with Crippen molar-refractivity contribution in [3.05, 3.63) is 71.8 Å². The van der Waals surface area contributed by atoms with Crippen LogP contribution in [0.25, 0.3) is 0 Å². The second-order valence-electron chi connectivity index (χ2n) is 8.15. The number of benzene rings is 2. The molecule has 0 spiro atoms. The third-order valence-corrected chi connectivity index (χ3v) is 6.27. The van der Waals surface area contributed by atoms with Gasteiger partial charge in [0.2, 0.25) is 0 Å². The number of amides is 2. The summed E-state index contributed by atoms with van der Waals surface area (Å²) in [6, 6.07) is 15.4. The van der Waals surface area contributed by atoms with Crippen LogP contribution in [-0.4, -0.2) is 29.6 Å². The third kappa shape index (κ3) is 3.52. The molecule has 2 aromatic carbocycles. The number of hydrogen-bond acceptors (Lipinski definition) is 5. The van der Waals surface area contributed by atoms with Crippen LogP contribution in [0.3, 0.4) is 0 Å². The maximum atomic E-state index is 12.8. The van der Waals surface area contributed by atoms with Gasteiger partial charge in [0.05, 0.1) is 24.7 Å². The fourth-order valence-corrected chi connectivity index (χ4v) is 4.85. The number of ether oxygens (including phenoxy) is 2. The number of carbonyl (C=O) groups excluding carboxylic acids is 2. The molecule has 0 N–H and O–H groups in total. The van der Waals surface area contributed by atoms with Crippen molar-refractivity contribution in [2.45, 2.75) is 20.0 Å². The van der Waals surface area contributed by atoms with Crippen LogP contribution in [-0.2, 0) is 16.2 Å². The molecule has 1 heterocycles. The molecule has 6 nitrogen and oxygen atoms in total. The molecule has 2 aromatic rings. The molecule has 3 aliphatic rings. The largest absolute Gasteiger partial charge is 0.490 e. The number of imide groups is 1. The quantitative estimate of drug-likeness (QED) is 0.391. The van der Waals surface area contributed by atoms with E-state index in [0.29, 0.717) is 24.7 Å². The van der Waals surface area contributed by atoms with Gasteiger partial charge in [-0.3, -0.25) is 9.59 Å². The van der Waals surface area contributed by atoms with E-state index >= 15 is 0 Å². The number of hydrogen-bond donors (Lipinski definition) is 0. The zero-order valence-electron chi connectivity index (χ0n) is 17.3. The Bertz CT molecular complexity index is 1030. The SMILES string of the molecule is CCOc1cc(/C=N\N2C(=O)[C@@H]3[C@@H](C2=O)[C@H]2C=C[C@H]3C2)ccc1OCc1ccccc1. The van der Waals surface area contributed by atoms with E-state index in [1.54, 1.807) is 0 Å². The first kappa shape index (κ1) is 19.5. The number of carbonyl (C=O) groups is 2. The summed E-state index contributed by atoms with van der Waals surface area (Å²) >= 11 is 0. The van der Waals surface area contributed by atoms with Crippen LogP contribution in [0.2, 0.25) is 0 Å². The Morgan fingerprint density at radius 1 is 0.968 bits per heavy atom. The van der Waals surface area contributed by atoms with Gasteiger partial charge in [0, 0.05) is 0 Å². The molecule has 4 atom stereocenters. The maximum absolute atomic E-state index is 12.8. The molecule has 2 amide bonds. The Morgan fingerprint density at radius 2 is 1.68 bits per heavy atom. The minimum Gasteiger partial charge on any atom is -0.490 e. The van der Waals surface area contributed by atoms with Crippen molar-refractivity contribution < 1.29 is 19.1 Å². The van der Waals surface area contributed by atoms with Crippen LogP contribution < -0.4 is 9.47 Å². The molecule has 2 bridgehead atoms. The second kappa shape index (κ2) is 8.02. The summed E-state index contributed by atoms with van der Waals surface area (Å²) in [6.07, 6.45) is 6.60. The monoisotopic (exact) mass is 416 g/mol. The molecule has 158 valence electrons. The van der Waals surface area contributed by atoms with Crippen LogP contribution in [0.1, 0.15) is 24.5 Å². The Labute approximate surface area is 181 Å². The average Bonchev–Trinajstić information content (AvgIpc) is 3.47. The van der Waals surface area contributed by atoms with Gasteiger partial charge >= 0.3 is 0 Å².